The molecule has 3 aromatic rings. The number of hydrogen-bond acceptors (Lipinski definition) is 3. The maximum Gasteiger partial charge on any atom is 0.116 e. The molecule has 0 radical (unpaired) electrons. The van der Waals surface area contributed by atoms with Gasteiger partial charge < -0.3 is 15.1 Å². The molecule has 1 spiro atoms. The second kappa shape index (κ2) is 8.57. The van der Waals surface area contributed by atoms with Crippen molar-refractivity contribution in [2.24, 2.45) is 5.92 Å². The van der Waals surface area contributed by atoms with Crippen molar-refractivity contribution in [2.75, 3.05) is 19.6 Å². The van der Waals surface area contributed by atoms with Gasteiger partial charge in [-0.2, -0.15) is 0 Å². The highest BCUT2D eigenvalue weighted by atomic mass is 16.3. The molecule has 0 amide bonds. The van der Waals surface area contributed by atoms with Crippen molar-refractivity contribution < 1.29 is 10.2 Å². The van der Waals surface area contributed by atoms with E-state index in [0.29, 0.717) is 17.4 Å². The lowest BCUT2D eigenvalue weighted by molar-refractivity contribution is 0.192. The average molecular weight is 466 g/mol. The van der Waals surface area contributed by atoms with Crippen molar-refractivity contribution in [1.82, 2.24) is 4.90 Å². The third kappa shape index (κ3) is 3.87. The van der Waals surface area contributed by atoms with Crippen LogP contribution in [0.2, 0.25) is 0 Å². The Bertz CT molecular complexity index is 1280. The third-order valence-electron chi connectivity index (χ3n) is 8.43. The lowest BCUT2D eigenvalue weighted by atomic mass is 9.77. The number of phenolic OH excluding ortho intramolecular Hbond substituents is 2. The van der Waals surface area contributed by atoms with Crippen LogP contribution in [-0.2, 0) is 11.8 Å². The lowest BCUT2D eigenvalue weighted by Gasteiger charge is -2.33. The average Bonchev–Trinajstić information content (AvgIpc) is 3.37. The van der Waals surface area contributed by atoms with E-state index < -0.39 is 0 Å². The van der Waals surface area contributed by atoms with Gasteiger partial charge in [-0.25, -0.2) is 0 Å². The third-order valence-corrected chi connectivity index (χ3v) is 8.43. The molecule has 1 unspecified atom stereocenters. The maximum atomic E-state index is 10.3. The summed E-state index contributed by atoms with van der Waals surface area (Å²) in [6, 6.07) is 20.8. The summed E-state index contributed by atoms with van der Waals surface area (Å²) >= 11 is 0. The van der Waals surface area contributed by atoms with Crippen LogP contribution in [0.25, 0.3) is 5.57 Å². The number of aromatic hydroxyl groups is 2. The topological polar surface area (TPSA) is 43.7 Å². The number of likely N-dealkylation sites (tertiary alicyclic amines) is 1. The summed E-state index contributed by atoms with van der Waals surface area (Å²) in [4.78, 5) is 2.61. The van der Waals surface area contributed by atoms with Gasteiger partial charge in [0.25, 0.3) is 0 Å². The Morgan fingerprint density at radius 3 is 2.29 bits per heavy atom. The number of aryl methyl sites for hydroxylation is 1. The van der Waals surface area contributed by atoms with Crippen molar-refractivity contribution in [3.8, 4) is 11.5 Å². The first-order valence-electron chi connectivity index (χ1n) is 13.1. The van der Waals surface area contributed by atoms with Gasteiger partial charge in [0, 0.05) is 12.0 Å². The molecule has 3 aliphatic rings. The molecule has 6 rings (SSSR count). The molecule has 1 saturated heterocycles. The number of rotatable bonds is 4. The fourth-order valence-electron chi connectivity index (χ4n) is 6.80. The van der Waals surface area contributed by atoms with E-state index in [0.717, 1.165) is 24.3 Å². The van der Waals surface area contributed by atoms with Crippen LogP contribution in [-0.4, -0.2) is 34.7 Å². The number of allylic oxidation sites excluding steroid dienone is 1. The molecule has 180 valence electrons. The quantitative estimate of drug-likeness (QED) is 0.456. The van der Waals surface area contributed by atoms with Crippen LogP contribution in [0.3, 0.4) is 0 Å². The molecule has 2 N–H and O–H groups in total. The minimum Gasteiger partial charge on any atom is -0.508 e. The number of phenols is 2. The van der Waals surface area contributed by atoms with Gasteiger partial charge in [0.2, 0.25) is 0 Å². The summed E-state index contributed by atoms with van der Waals surface area (Å²) < 4.78 is 0. The fraction of sp³-hybridized carbons (Fsp3) is 0.375. The first kappa shape index (κ1) is 22.4. The van der Waals surface area contributed by atoms with Gasteiger partial charge in [0.15, 0.2) is 0 Å². The van der Waals surface area contributed by atoms with Crippen LogP contribution in [0, 0.1) is 5.92 Å². The molecule has 2 aliphatic carbocycles. The molecule has 0 bridgehead atoms. The molecule has 1 atom stereocenters. The van der Waals surface area contributed by atoms with E-state index in [1.54, 1.807) is 6.07 Å². The Hall–Kier alpha value is -3.04. The minimum atomic E-state index is -0.191. The molecule has 3 heteroatoms. The van der Waals surface area contributed by atoms with Gasteiger partial charge in [-0.3, -0.25) is 0 Å². The van der Waals surface area contributed by atoms with Gasteiger partial charge in [-0.1, -0.05) is 56.3 Å². The summed E-state index contributed by atoms with van der Waals surface area (Å²) in [5.41, 5.74) is 8.56. The monoisotopic (exact) mass is 465 g/mol. The zero-order valence-electron chi connectivity index (χ0n) is 20.8. The lowest BCUT2D eigenvalue weighted by Crippen LogP contribution is -2.35. The number of benzene rings is 3. The van der Waals surface area contributed by atoms with Crippen molar-refractivity contribution >= 4 is 5.57 Å². The second-order valence-electron chi connectivity index (χ2n) is 11.2. The fourth-order valence-corrected chi connectivity index (χ4v) is 6.80. The highest BCUT2D eigenvalue weighted by Crippen LogP contribution is 2.54. The Balaban J connectivity index is 1.32. The van der Waals surface area contributed by atoms with E-state index in [9.17, 15) is 10.2 Å². The second-order valence-corrected chi connectivity index (χ2v) is 11.2. The largest absolute Gasteiger partial charge is 0.508 e. The Labute approximate surface area is 208 Å². The molecule has 1 fully saturated rings. The summed E-state index contributed by atoms with van der Waals surface area (Å²) in [7, 11) is 0. The van der Waals surface area contributed by atoms with Crippen molar-refractivity contribution in [1.29, 1.82) is 0 Å². The smallest absolute Gasteiger partial charge is 0.116 e. The molecule has 1 heterocycles. The number of piperidine rings is 1. The first-order valence-corrected chi connectivity index (χ1v) is 13.1. The van der Waals surface area contributed by atoms with Gasteiger partial charge in [0.1, 0.15) is 11.5 Å². The minimum absolute atomic E-state index is 0.191. The van der Waals surface area contributed by atoms with Gasteiger partial charge >= 0.3 is 0 Å². The normalized spacial score (nSPS) is 22.0. The van der Waals surface area contributed by atoms with E-state index in [-0.39, 0.29) is 5.41 Å². The Kier molecular flexibility index (Phi) is 5.49. The molecular weight excluding hydrogens is 430 g/mol. The Morgan fingerprint density at radius 1 is 0.886 bits per heavy atom. The van der Waals surface area contributed by atoms with Gasteiger partial charge in [-0.15, -0.1) is 0 Å². The molecule has 3 nitrogen and oxygen atoms in total. The van der Waals surface area contributed by atoms with Gasteiger partial charge in [0.05, 0.1) is 0 Å². The van der Waals surface area contributed by atoms with Crippen molar-refractivity contribution in [2.45, 2.75) is 50.9 Å². The van der Waals surface area contributed by atoms with Crippen LogP contribution >= 0.6 is 0 Å². The van der Waals surface area contributed by atoms with Crippen LogP contribution in [0.5, 0.6) is 11.5 Å². The number of fused-ring (bicyclic) bond motifs is 4. The summed E-state index contributed by atoms with van der Waals surface area (Å²) in [5, 5.41) is 20.4. The van der Waals surface area contributed by atoms with E-state index in [4.69, 9.17) is 0 Å². The maximum absolute atomic E-state index is 10.3. The van der Waals surface area contributed by atoms with E-state index >= 15 is 0 Å². The van der Waals surface area contributed by atoms with Gasteiger partial charge in [-0.05, 0) is 114 Å². The van der Waals surface area contributed by atoms with Crippen LogP contribution in [0.15, 0.2) is 66.7 Å². The molecule has 0 saturated carbocycles. The highest BCUT2D eigenvalue weighted by molar-refractivity contribution is 5.89. The zero-order valence-corrected chi connectivity index (χ0v) is 20.8. The predicted octanol–water partition coefficient (Wildman–Crippen LogP) is 6.61. The molecule has 0 aromatic heterocycles. The van der Waals surface area contributed by atoms with Crippen molar-refractivity contribution in [3.63, 3.8) is 0 Å². The highest BCUT2D eigenvalue weighted by Gasteiger charge is 2.44. The summed E-state index contributed by atoms with van der Waals surface area (Å²) in [5.74, 6) is 2.01. The van der Waals surface area contributed by atoms with Crippen LogP contribution < -0.4 is 0 Å². The van der Waals surface area contributed by atoms with E-state index in [1.807, 2.05) is 18.2 Å². The van der Waals surface area contributed by atoms with Crippen molar-refractivity contribution in [3.05, 3.63) is 100 Å². The van der Waals surface area contributed by atoms with E-state index in [2.05, 4.69) is 61.2 Å². The molecule has 1 aliphatic heterocycles. The zero-order chi connectivity index (χ0) is 24.2. The number of hydrogen-bond donors (Lipinski definition) is 2. The molecule has 3 aromatic carbocycles. The van der Waals surface area contributed by atoms with Crippen LogP contribution in [0.4, 0.5) is 0 Å². The van der Waals surface area contributed by atoms with Crippen LogP contribution in [0.1, 0.15) is 72.4 Å². The molecule has 35 heavy (non-hydrogen) atoms. The first-order chi connectivity index (χ1) is 16.9. The Morgan fingerprint density at radius 2 is 1.57 bits per heavy atom. The predicted molar refractivity (Wildman–Crippen MR) is 142 cm³/mol. The summed E-state index contributed by atoms with van der Waals surface area (Å²) in [6.07, 6.45) is 6.82. The number of nitrogens with zero attached hydrogens (tertiary/aromatic N) is 1. The van der Waals surface area contributed by atoms with E-state index in [1.165, 1.54) is 65.9 Å². The SMILES string of the molecule is CC(C)CN1CCC(c2ccc(C3=CC4(CCc5cc(O)ccc54)c4ccc(O)cc43)cc2)CC1. The molecular formula is C32H35NO2. The standard InChI is InChI=1S/C32H35NO2/c1-21(2)20-33-15-12-23(13-16-33)22-3-5-24(6-4-22)29-19-32(31-10-8-27(35)18-28(29)31)14-11-25-17-26(34)7-9-30(25)32/h3-10,17-19,21,23,34-35H,11-16,20H2,1-2H3. The summed E-state index contributed by atoms with van der Waals surface area (Å²) in [6.45, 7) is 8.20.